The van der Waals surface area contributed by atoms with Gasteiger partial charge in [-0.15, -0.1) is 23.1 Å². The lowest BCUT2D eigenvalue weighted by Crippen LogP contribution is -2.00. The van der Waals surface area contributed by atoms with Gasteiger partial charge >= 0.3 is 0 Å². The molecule has 1 heterocycles. The third kappa shape index (κ3) is 3.39. The molecular weight excluding hydrogens is 252 g/mol. The van der Waals surface area contributed by atoms with Crippen LogP contribution in [0, 0.1) is 0 Å². The number of thiophene rings is 1. The summed E-state index contributed by atoms with van der Waals surface area (Å²) >= 11 is 3.09. The topological polar surface area (TPSA) is 55.1 Å². The molecule has 0 atom stereocenters. The van der Waals surface area contributed by atoms with Crippen molar-refractivity contribution in [2.24, 2.45) is 0 Å². The minimum atomic E-state index is 0.131. The van der Waals surface area contributed by atoms with Crippen molar-refractivity contribution in [2.75, 3.05) is 23.9 Å². The third-order valence-electron chi connectivity index (χ3n) is 2.49. The van der Waals surface area contributed by atoms with Gasteiger partial charge < -0.3 is 11.1 Å². The van der Waals surface area contributed by atoms with Crippen LogP contribution in [0.2, 0.25) is 0 Å². The minimum absolute atomic E-state index is 0.131. The van der Waals surface area contributed by atoms with Crippen molar-refractivity contribution in [3.8, 4) is 0 Å². The van der Waals surface area contributed by atoms with Crippen LogP contribution in [0.15, 0.2) is 4.90 Å². The van der Waals surface area contributed by atoms with Gasteiger partial charge in [0.15, 0.2) is 5.78 Å². The molecule has 1 aromatic rings. The fourth-order valence-corrected chi connectivity index (χ4v) is 3.56. The Balaban J connectivity index is 2.92. The van der Waals surface area contributed by atoms with Gasteiger partial charge in [-0.2, -0.15) is 0 Å². The van der Waals surface area contributed by atoms with Crippen LogP contribution in [0.3, 0.4) is 0 Å². The zero-order valence-electron chi connectivity index (χ0n) is 10.6. The lowest BCUT2D eigenvalue weighted by Gasteiger charge is -2.04. The van der Waals surface area contributed by atoms with Crippen molar-refractivity contribution in [3.05, 3.63) is 4.88 Å². The van der Waals surface area contributed by atoms with E-state index in [4.69, 9.17) is 5.73 Å². The summed E-state index contributed by atoms with van der Waals surface area (Å²) in [6, 6.07) is 0. The number of nitrogens with two attached hydrogens (primary N) is 1. The van der Waals surface area contributed by atoms with E-state index in [0.29, 0.717) is 17.0 Å². The standard InChI is InChI=1S/C12H20N2OS2/c1-4-6-7-14-12-11(16-3)9(13)10(17-12)8(15)5-2/h14H,4-7,13H2,1-3H3. The van der Waals surface area contributed by atoms with Crippen molar-refractivity contribution in [1.82, 2.24) is 0 Å². The van der Waals surface area contributed by atoms with Crippen LogP contribution < -0.4 is 11.1 Å². The van der Waals surface area contributed by atoms with Gasteiger partial charge in [-0.25, -0.2) is 0 Å². The summed E-state index contributed by atoms with van der Waals surface area (Å²) in [7, 11) is 0. The Bertz CT molecular complexity index is 388. The second-order valence-electron chi connectivity index (χ2n) is 3.76. The van der Waals surface area contributed by atoms with Crippen LogP contribution >= 0.6 is 23.1 Å². The molecule has 0 fully saturated rings. The smallest absolute Gasteiger partial charge is 0.174 e. The predicted octanol–water partition coefficient (Wildman–Crippen LogP) is 3.86. The molecule has 3 nitrogen and oxygen atoms in total. The first kappa shape index (κ1) is 14.4. The lowest BCUT2D eigenvalue weighted by molar-refractivity contribution is 0.0992. The molecule has 0 amide bonds. The first-order valence-corrected chi connectivity index (χ1v) is 7.93. The molecule has 0 aromatic carbocycles. The van der Waals surface area contributed by atoms with Crippen molar-refractivity contribution >= 4 is 39.6 Å². The van der Waals surface area contributed by atoms with Gasteiger partial charge in [0, 0.05) is 13.0 Å². The van der Waals surface area contributed by atoms with Gasteiger partial charge in [-0.3, -0.25) is 4.79 Å². The van der Waals surface area contributed by atoms with Crippen LogP contribution in [-0.2, 0) is 0 Å². The maximum atomic E-state index is 11.7. The number of thioether (sulfide) groups is 1. The fourth-order valence-electron chi connectivity index (χ4n) is 1.49. The number of carbonyl (C=O) groups is 1. The Hall–Kier alpha value is -0.680. The Morgan fingerprint density at radius 1 is 1.47 bits per heavy atom. The Kier molecular flexibility index (Phi) is 5.85. The van der Waals surface area contributed by atoms with Gasteiger partial charge in [0.25, 0.3) is 0 Å². The molecule has 0 bridgehead atoms. The number of carbonyl (C=O) groups excluding carboxylic acids is 1. The molecule has 0 unspecified atom stereocenters. The van der Waals surface area contributed by atoms with E-state index in [0.717, 1.165) is 29.3 Å². The Labute approximate surface area is 111 Å². The molecule has 0 spiro atoms. The summed E-state index contributed by atoms with van der Waals surface area (Å²) in [6.45, 7) is 4.96. The lowest BCUT2D eigenvalue weighted by atomic mass is 10.2. The van der Waals surface area contributed by atoms with E-state index >= 15 is 0 Å². The van der Waals surface area contributed by atoms with Crippen LogP contribution in [-0.4, -0.2) is 18.6 Å². The van der Waals surface area contributed by atoms with Gasteiger partial charge in [0.05, 0.1) is 15.5 Å². The normalized spacial score (nSPS) is 10.5. The van der Waals surface area contributed by atoms with Crippen LogP contribution in [0.4, 0.5) is 10.7 Å². The number of ketones is 1. The number of anilines is 2. The highest BCUT2D eigenvalue weighted by molar-refractivity contribution is 7.99. The first-order chi connectivity index (χ1) is 8.15. The first-order valence-electron chi connectivity index (χ1n) is 5.88. The van der Waals surface area contributed by atoms with Gasteiger partial charge in [-0.05, 0) is 12.7 Å². The summed E-state index contributed by atoms with van der Waals surface area (Å²) in [5, 5.41) is 4.41. The number of Topliss-reactive ketones (excluding diaryl/α,β-unsaturated/α-hetero) is 1. The van der Waals surface area contributed by atoms with Crippen molar-refractivity contribution in [3.63, 3.8) is 0 Å². The Morgan fingerprint density at radius 2 is 2.18 bits per heavy atom. The molecule has 1 aromatic heterocycles. The molecule has 96 valence electrons. The summed E-state index contributed by atoms with van der Waals surface area (Å²) in [5.74, 6) is 0.131. The van der Waals surface area contributed by atoms with Crippen molar-refractivity contribution < 1.29 is 4.79 Å². The quantitative estimate of drug-likeness (QED) is 0.449. The van der Waals surface area contributed by atoms with E-state index in [9.17, 15) is 4.79 Å². The number of unbranched alkanes of at least 4 members (excludes halogenated alkanes) is 1. The molecule has 0 radical (unpaired) electrons. The van der Waals surface area contributed by atoms with Crippen molar-refractivity contribution in [2.45, 2.75) is 38.0 Å². The van der Waals surface area contributed by atoms with Gasteiger partial charge in [0.1, 0.15) is 5.00 Å². The second kappa shape index (κ2) is 6.91. The molecule has 0 aliphatic heterocycles. The number of hydrogen-bond acceptors (Lipinski definition) is 5. The van der Waals surface area contributed by atoms with Crippen molar-refractivity contribution in [1.29, 1.82) is 0 Å². The fraction of sp³-hybridized carbons (Fsp3) is 0.583. The summed E-state index contributed by atoms with van der Waals surface area (Å²) in [6.07, 6.45) is 4.78. The maximum Gasteiger partial charge on any atom is 0.174 e. The highest BCUT2D eigenvalue weighted by Crippen LogP contribution is 2.42. The average Bonchev–Trinajstić information content (AvgIpc) is 2.65. The highest BCUT2D eigenvalue weighted by Gasteiger charge is 2.19. The molecule has 1 rings (SSSR count). The van der Waals surface area contributed by atoms with Gasteiger partial charge in [-0.1, -0.05) is 20.3 Å². The molecule has 0 aliphatic rings. The Morgan fingerprint density at radius 3 is 2.71 bits per heavy atom. The highest BCUT2D eigenvalue weighted by atomic mass is 32.2. The van der Waals surface area contributed by atoms with E-state index in [1.165, 1.54) is 11.3 Å². The summed E-state index contributed by atoms with van der Waals surface area (Å²) in [4.78, 5) is 13.5. The number of rotatable bonds is 7. The third-order valence-corrected chi connectivity index (χ3v) is 4.66. The van der Waals surface area contributed by atoms with E-state index in [-0.39, 0.29) is 5.78 Å². The average molecular weight is 272 g/mol. The van der Waals surface area contributed by atoms with E-state index < -0.39 is 0 Å². The number of hydrogen-bond donors (Lipinski definition) is 2. The van der Waals surface area contributed by atoms with Crippen LogP contribution in [0.25, 0.3) is 0 Å². The largest absolute Gasteiger partial charge is 0.396 e. The molecule has 3 N–H and O–H groups in total. The van der Waals surface area contributed by atoms with Crippen LogP contribution in [0.1, 0.15) is 42.8 Å². The predicted molar refractivity (Wildman–Crippen MR) is 78.5 cm³/mol. The summed E-state index contributed by atoms with van der Waals surface area (Å²) in [5.41, 5.74) is 6.67. The molecule has 0 saturated carbocycles. The minimum Gasteiger partial charge on any atom is -0.396 e. The zero-order chi connectivity index (χ0) is 12.8. The van der Waals surface area contributed by atoms with E-state index in [1.807, 2.05) is 13.2 Å². The second-order valence-corrected chi connectivity index (χ2v) is 5.60. The van der Waals surface area contributed by atoms with Gasteiger partial charge in [0.2, 0.25) is 0 Å². The van der Waals surface area contributed by atoms with E-state index in [1.54, 1.807) is 11.8 Å². The maximum absolute atomic E-state index is 11.7. The molecule has 0 aliphatic carbocycles. The zero-order valence-corrected chi connectivity index (χ0v) is 12.3. The SMILES string of the molecule is CCCCNc1sc(C(=O)CC)c(N)c1SC. The molecule has 0 saturated heterocycles. The number of nitrogens with one attached hydrogen (secondary N) is 1. The number of nitrogen functional groups attached to an aromatic ring is 1. The molecular formula is C12H20N2OS2. The molecule has 5 heteroatoms. The van der Waals surface area contributed by atoms with E-state index in [2.05, 4.69) is 12.2 Å². The monoisotopic (exact) mass is 272 g/mol. The summed E-state index contributed by atoms with van der Waals surface area (Å²) < 4.78 is 0. The van der Waals surface area contributed by atoms with Crippen LogP contribution in [0.5, 0.6) is 0 Å². The molecule has 17 heavy (non-hydrogen) atoms.